The average Bonchev–Trinajstić information content (AvgIpc) is 2.87. The highest BCUT2D eigenvalue weighted by Crippen LogP contribution is 2.53. The fourth-order valence-corrected chi connectivity index (χ4v) is 6.87. The summed E-state index contributed by atoms with van der Waals surface area (Å²) in [6.07, 6.45) is 0.0133. The highest BCUT2D eigenvalue weighted by atomic mass is 35.5. The third kappa shape index (κ3) is 5.07. The molecule has 4 atom stereocenters. The van der Waals surface area contributed by atoms with E-state index in [-0.39, 0.29) is 41.5 Å². The normalized spacial score (nSPS) is 25.7. The van der Waals surface area contributed by atoms with Crippen LogP contribution in [0.15, 0.2) is 28.7 Å². The Morgan fingerprint density at radius 2 is 1.70 bits per heavy atom. The number of amides is 2. The maximum absolute atomic E-state index is 13.9. The topological polar surface area (TPSA) is 194 Å². The van der Waals surface area contributed by atoms with Crippen LogP contribution in [0.3, 0.4) is 0 Å². The molecule has 44 heavy (non-hydrogen) atoms. The van der Waals surface area contributed by atoms with Crippen molar-refractivity contribution in [2.45, 2.75) is 76.7 Å². The van der Waals surface area contributed by atoms with Gasteiger partial charge in [0, 0.05) is 28.6 Å². The van der Waals surface area contributed by atoms with Crippen LogP contribution in [0.5, 0.6) is 5.75 Å². The summed E-state index contributed by atoms with van der Waals surface area (Å²) in [4.78, 5) is 55.7. The summed E-state index contributed by atoms with van der Waals surface area (Å²) < 4.78 is 0. The molecule has 0 heterocycles. The predicted molar refractivity (Wildman–Crippen MR) is 162 cm³/mol. The van der Waals surface area contributed by atoms with Crippen molar-refractivity contribution in [2.24, 2.45) is 17.6 Å². The number of carbonyl (C=O) groups is 4. The van der Waals surface area contributed by atoms with E-state index in [9.17, 15) is 39.6 Å². The Kier molecular flexibility index (Phi) is 8.26. The zero-order valence-corrected chi connectivity index (χ0v) is 27.0. The van der Waals surface area contributed by atoms with Gasteiger partial charge >= 0.3 is 0 Å². The number of rotatable bonds is 6. The molecule has 7 N–H and O–H groups in total. The van der Waals surface area contributed by atoms with Crippen LogP contribution in [0.25, 0.3) is 0 Å². The van der Waals surface area contributed by atoms with Crippen LogP contribution in [0.1, 0.15) is 62.5 Å². The smallest absolute Gasteiger partial charge is 0.255 e. The lowest BCUT2D eigenvalue weighted by Gasteiger charge is -2.50. The van der Waals surface area contributed by atoms with Crippen molar-refractivity contribution < 1.29 is 39.6 Å². The quantitative estimate of drug-likeness (QED) is 0.252. The second-order valence-electron chi connectivity index (χ2n) is 13.8. The van der Waals surface area contributed by atoms with Crippen molar-refractivity contribution in [1.82, 2.24) is 15.1 Å². The maximum Gasteiger partial charge on any atom is 0.255 e. The van der Waals surface area contributed by atoms with E-state index in [2.05, 4.69) is 5.32 Å². The third-order valence-corrected chi connectivity index (χ3v) is 9.61. The SMILES string of the molecule is CN(C)[C@@H]1C(O)=C(C(N)=O)C(=O)C2(O)C(O)=C3C(=O)c4c(O)cc(CN(C)C(C)(C)C(=O)NC(C)(C)C)c(Cl)c4C[C@H]3C[C@@H]12. The molecule has 12 nitrogen and oxygen atoms in total. The molecule has 1 unspecified atom stereocenters. The van der Waals surface area contributed by atoms with Gasteiger partial charge in [-0.1, -0.05) is 11.6 Å². The van der Waals surface area contributed by atoms with Gasteiger partial charge in [-0.2, -0.15) is 0 Å². The van der Waals surface area contributed by atoms with Crippen LogP contribution in [-0.4, -0.2) is 97.5 Å². The number of aliphatic hydroxyl groups excluding tert-OH is 2. The van der Waals surface area contributed by atoms with E-state index in [1.54, 1.807) is 39.9 Å². The lowest BCUT2D eigenvalue weighted by atomic mass is 9.58. The summed E-state index contributed by atoms with van der Waals surface area (Å²) in [5.74, 6) is -7.51. The second-order valence-corrected chi connectivity index (χ2v) is 14.2. The van der Waals surface area contributed by atoms with Gasteiger partial charge in [-0.15, -0.1) is 0 Å². The fraction of sp³-hybridized carbons (Fsp3) is 0.548. The number of hydrogen-bond donors (Lipinski definition) is 6. The molecule has 2 amide bonds. The summed E-state index contributed by atoms with van der Waals surface area (Å²) in [6, 6.07) is 0.233. The number of aliphatic hydroxyl groups is 3. The van der Waals surface area contributed by atoms with Gasteiger partial charge in [0.25, 0.3) is 5.91 Å². The number of primary amides is 1. The molecule has 0 spiro atoms. The highest BCUT2D eigenvalue weighted by Gasteiger charge is 2.63. The number of ketones is 2. The first-order valence-corrected chi connectivity index (χ1v) is 14.7. The van der Waals surface area contributed by atoms with Crippen LogP contribution in [0.2, 0.25) is 5.02 Å². The molecule has 0 saturated carbocycles. The molecule has 0 saturated heterocycles. The summed E-state index contributed by atoms with van der Waals surface area (Å²) >= 11 is 6.88. The average molecular weight is 633 g/mol. The predicted octanol–water partition coefficient (Wildman–Crippen LogP) is 1.90. The maximum atomic E-state index is 13.9. The number of allylic oxidation sites excluding steroid dienone is 1. The molecular formula is C31H41ClN4O8. The summed E-state index contributed by atoms with van der Waals surface area (Å²) in [5, 5.41) is 48.3. The van der Waals surface area contributed by atoms with Gasteiger partial charge in [-0.3, -0.25) is 29.0 Å². The van der Waals surface area contributed by atoms with Crippen LogP contribution < -0.4 is 11.1 Å². The van der Waals surface area contributed by atoms with Gasteiger partial charge < -0.3 is 31.5 Å². The van der Waals surface area contributed by atoms with Crippen molar-refractivity contribution in [3.8, 4) is 5.75 Å². The Morgan fingerprint density at radius 1 is 1.11 bits per heavy atom. The number of carbonyl (C=O) groups excluding carboxylic acids is 4. The zero-order chi connectivity index (χ0) is 33.4. The van der Waals surface area contributed by atoms with Crippen molar-refractivity contribution in [3.05, 3.63) is 50.4 Å². The van der Waals surface area contributed by atoms with E-state index in [1.165, 1.54) is 11.0 Å². The van der Waals surface area contributed by atoms with Crippen molar-refractivity contribution in [3.63, 3.8) is 0 Å². The molecule has 0 fully saturated rings. The number of aromatic hydroxyl groups is 1. The first kappa shape index (κ1) is 33.4. The van der Waals surface area contributed by atoms with Crippen molar-refractivity contribution in [1.29, 1.82) is 0 Å². The molecule has 1 aromatic rings. The third-order valence-electron chi connectivity index (χ3n) is 9.14. The molecule has 3 aliphatic rings. The fourth-order valence-electron chi connectivity index (χ4n) is 6.59. The van der Waals surface area contributed by atoms with E-state index in [0.29, 0.717) is 11.1 Å². The Balaban J connectivity index is 1.79. The minimum Gasteiger partial charge on any atom is -0.510 e. The minimum absolute atomic E-state index is 0.0486. The van der Waals surface area contributed by atoms with Gasteiger partial charge in [0.2, 0.25) is 11.7 Å². The molecule has 0 radical (unpaired) electrons. The highest BCUT2D eigenvalue weighted by molar-refractivity contribution is 6.33. The number of nitrogens with one attached hydrogen (secondary N) is 1. The van der Waals surface area contributed by atoms with Gasteiger partial charge in [0.1, 0.15) is 22.8 Å². The molecule has 1 aromatic carbocycles. The standard InChI is InChI=1S/C31H41ClN4O8/c1-29(2,3)34-28(43)30(4,5)36(8)12-14-11-17(37)19-15(21(14)32)9-13-10-16-22(35(6)7)24(39)20(27(33)42)26(41)31(16,44)25(40)18(13)23(19)38/h11,13,16,22,37,39-40,44H,9-10,12H2,1-8H3,(H2,33,42)(H,34,43)/t13-,16-,22-,31?/m0/s1. The summed E-state index contributed by atoms with van der Waals surface area (Å²) in [5.41, 5.74) is 0.713. The van der Waals surface area contributed by atoms with Crippen LogP contribution in [-0.2, 0) is 27.3 Å². The summed E-state index contributed by atoms with van der Waals surface area (Å²) in [7, 11) is 4.87. The number of nitrogens with two attached hydrogens (primary N) is 1. The number of Topliss-reactive ketones (excluding diaryl/α,β-unsaturated/α-hetero) is 2. The van der Waals surface area contributed by atoms with E-state index >= 15 is 0 Å². The molecule has 13 heteroatoms. The molecular weight excluding hydrogens is 592 g/mol. The second kappa shape index (κ2) is 10.9. The van der Waals surface area contributed by atoms with Gasteiger partial charge in [0.05, 0.1) is 17.1 Å². The monoisotopic (exact) mass is 632 g/mol. The Bertz CT molecular complexity index is 1540. The van der Waals surface area contributed by atoms with Crippen LogP contribution in [0, 0.1) is 11.8 Å². The van der Waals surface area contributed by atoms with E-state index in [1.807, 2.05) is 20.8 Å². The number of hydrogen-bond acceptors (Lipinski definition) is 10. The number of fused-ring (bicyclic) bond motifs is 3. The van der Waals surface area contributed by atoms with Crippen molar-refractivity contribution >= 4 is 35.0 Å². The molecule has 0 aromatic heterocycles. The molecule has 240 valence electrons. The number of nitrogens with zero attached hydrogens (tertiary/aromatic N) is 2. The number of phenolic OH excluding ortho intramolecular Hbond substituents is 1. The Morgan fingerprint density at radius 3 is 2.23 bits per heavy atom. The molecule has 4 rings (SSSR count). The lowest BCUT2D eigenvalue weighted by molar-refractivity contribution is -0.148. The number of phenols is 1. The van der Waals surface area contributed by atoms with E-state index in [0.717, 1.165) is 0 Å². The first-order valence-electron chi connectivity index (χ1n) is 14.3. The summed E-state index contributed by atoms with van der Waals surface area (Å²) in [6.45, 7) is 9.29. The van der Waals surface area contributed by atoms with Gasteiger partial charge in [-0.25, -0.2) is 0 Å². The van der Waals surface area contributed by atoms with Gasteiger partial charge in [-0.05, 0) is 91.7 Å². The lowest BCUT2D eigenvalue weighted by Crippen LogP contribution is -2.63. The zero-order valence-electron chi connectivity index (χ0n) is 26.2. The van der Waals surface area contributed by atoms with Crippen LogP contribution in [0.4, 0.5) is 0 Å². The number of halogens is 1. The first-order chi connectivity index (χ1) is 20.1. The molecule has 0 bridgehead atoms. The van der Waals surface area contributed by atoms with E-state index < -0.39 is 74.9 Å². The minimum atomic E-state index is -2.72. The Hall–Kier alpha value is -3.45. The van der Waals surface area contributed by atoms with Gasteiger partial charge in [0.15, 0.2) is 11.4 Å². The van der Waals surface area contributed by atoms with E-state index in [4.69, 9.17) is 17.3 Å². The molecule has 3 aliphatic carbocycles. The van der Waals surface area contributed by atoms with Crippen LogP contribution >= 0.6 is 11.6 Å². The number of likely N-dealkylation sites (N-methyl/N-ethyl adjacent to an activating group) is 2. The largest absolute Gasteiger partial charge is 0.510 e. The molecule has 0 aliphatic heterocycles. The van der Waals surface area contributed by atoms with Crippen molar-refractivity contribution in [2.75, 3.05) is 21.1 Å². The Labute approximate surface area is 261 Å². The number of benzene rings is 1.